The smallest absolute Gasteiger partial charge is 0.146 e. The van der Waals surface area contributed by atoms with Crippen molar-refractivity contribution >= 4 is 17.0 Å². The third-order valence-corrected chi connectivity index (χ3v) is 3.51. The summed E-state index contributed by atoms with van der Waals surface area (Å²) in [6.45, 7) is 4.09. The Morgan fingerprint density at radius 3 is 2.47 bits per heavy atom. The summed E-state index contributed by atoms with van der Waals surface area (Å²) in [5.74, 6) is -0.349. The zero-order valence-electron chi connectivity index (χ0n) is 8.67. The van der Waals surface area contributed by atoms with E-state index in [0.29, 0.717) is 0 Å². The highest BCUT2D eigenvalue weighted by Crippen LogP contribution is 2.32. The second-order valence-corrected chi connectivity index (χ2v) is 4.86. The quantitative estimate of drug-likeness (QED) is 0.729. The van der Waals surface area contributed by atoms with Crippen molar-refractivity contribution in [3.05, 3.63) is 40.5 Å². The molecule has 0 unspecified atom stereocenters. The minimum Gasteiger partial charge on any atom is -0.396 e. The van der Waals surface area contributed by atoms with Gasteiger partial charge < -0.3 is 5.73 Å². The van der Waals surface area contributed by atoms with Crippen LogP contribution in [0.15, 0.2) is 24.3 Å². The first-order chi connectivity index (χ1) is 7.08. The first-order valence-corrected chi connectivity index (χ1v) is 5.52. The third-order valence-electron chi connectivity index (χ3n) is 2.30. The van der Waals surface area contributed by atoms with Crippen LogP contribution in [0.4, 0.5) is 10.1 Å². The molecule has 0 radical (unpaired) electrons. The molecule has 1 nitrogen and oxygen atoms in total. The lowest BCUT2D eigenvalue weighted by Gasteiger charge is -2.02. The van der Waals surface area contributed by atoms with E-state index >= 15 is 0 Å². The predicted molar refractivity (Wildman–Crippen MR) is 63.6 cm³/mol. The Morgan fingerprint density at radius 2 is 1.93 bits per heavy atom. The van der Waals surface area contributed by atoms with Crippen LogP contribution < -0.4 is 5.73 Å². The Labute approximate surface area is 92.4 Å². The molecule has 1 aromatic carbocycles. The van der Waals surface area contributed by atoms with Crippen LogP contribution >= 0.6 is 11.3 Å². The van der Waals surface area contributed by atoms with Crippen molar-refractivity contribution in [3.63, 3.8) is 0 Å². The Hall–Kier alpha value is -1.35. The second-order valence-electron chi connectivity index (χ2n) is 3.61. The minimum atomic E-state index is -0.349. The Morgan fingerprint density at radius 1 is 1.20 bits per heavy atom. The van der Waals surface area contributed by atoms with Crippen LogP contribution in [0.25, 0.3) is 10.4 Å². The molecular weight excluding hydrogens is 209 g/mol. The van der Waals surface area contributed by atoms with Gasteiger partial charge in [-0.2, -0.15) is 0 Å². The van der Waals surface area contributed by atoms with Crippen molar-refractivity contribution in [2.45, 2.75) is 13.8 Å². The molecule has 15 heavy (non-hydrogen) atoms. The summed E-state index contributed by atoms with van der Waals surface area (Å²) in [5, 5.41) is 0. The van der Waals surface area contributed by atoms with Crippen molar-refractivity contribution < 1.29 is 4.39 Å². The summed E-state index contributed by atoms with van der Waals surface area (Å²) in [6.07, 6.45) is 0. The van der Waals surface area contributed by atoms with E-state index in [1.807, 2.05) is 13.0 Å². The fraction of sp³-hybridized carbons (Fsp3) is 0.167. The maximum atomic E-state index is 13.3. The third kappa shape index (κ3) is 1.88. The fourth-order valence-corrected chi connectivity index (χ4v) is 2.62. The molecule has 2 aromatic rings. The zero-order chi connectivity index (χ0) is 11.0. The van der Waals surface area contributed by atoms with Crippen LogP contribution in [-0.2, 0) is 0 Å². The summed E-state index contributed by atoms with van der Waals surface area (Å²) in [7, 11) is 0. The van der Waals surface area contributed by atoms with Gasteiger partial charge in [-0.3, -0.25) is 0 Å². The number of halogens is 1. The molecule has 1 aromatic heterocycles. The number of aryl methyl sites for hydroxylation is 2. The van der Waals surface area contributed by atoms with Crippen LogP contribution in [-0.4, -0.2) is 0 Å². The highest BCUT2D eigenvalue weighted by molar-refractivity contribution is 7.15. The van der Waals surface area contributed by atoms with Crippen molar-refractivity contribution in [2.75, 3.05) is 5.73 Å². The molecule has 0 saturated carbocycles. The van der Waals surface area contributed by atoms with Crippen molar-refractivity contribution in [1.29, 1.82) is 0 Å². The van der Waals surface area contributed by atoms with E-state index in [2.05, 4.69) is 13.0 Å². The van der Waals surface area contributed by atoms with Gasteiger partial charge >= 0.3 is 0 Å². The Balaban J connectivity index is 2.54. The van der Waals surface area contributed by atoms with E-state index in [4.69, 9.17) is 5.73 Å². The summed E-state index contributed by atoms with van der Waals surface area (Å²) in [4.78, 5) is 2.35. The molecule has 2 N–H and O–H groups in total. The zero-order valence-corrected chi connectivity index (χ0v) is 9.49. The van der Waals surface area contributed by atoms with E-state index in [-0.39, 0.29) is 11.5 Å². The molecule has 0 atom stereocenters. The van der Waals surface area contributed by atoms with Gasteiger partial charge in [-0.25, -0.2) is 4.39 Å². The van der Waals surface area contributed by atoms with Gasteiger partial charge in [0.2, 0.25) is 0 Å². The van der Waals surface area contributed by atoms with Crippen LogP contribution in [0.1, 0.15) is 10.4 Å². The average Bonchev–Trinajstić information content (AvgIpc) is 2.50. The number of hydrogen-bond donors (Lipinski definition) is 1. The first-order valence-electron chi connectivity index (χ1n) is 4.70. The van der Waals surface area contributed by atoms with Crippen molar-refractivity contribution in [3.8, 4) is 10.4 Å². The number of nitrogen functional groups attached to an aromatic ring is 1. The molecule has 0 amide bonds. The van der Waals surface area contributed by atoms with Gasteiger partial charge in [-0.15, -0.1) is 11.3 Å². The number of rotatable bonds is 1. The summed E-state index contributed by atoms with van der Waals surface area (Å²) in [6, 6.07) is 7.07. The largest absolute Gasteiger partial charge is 0.396 e. The molecule has 0 aliphatic carbocycles. The second kappa shape index (κ2) is 3.66. The normalized spacial score (nSPS) is 10.6. The highest BCUT2D eigenvalue weighted by atomic mass is 32.1. The average molecular weight is 221 g/mol. The Bertz CT molecular complexity index is 502. The van der Waals surface area contributed by atoms with Gasteiger partial charge in [0.15, 0.2) is 0 Å². The van der Waals surface area contributed by atoms with E-state index in [9.17, 15) is 4.39 Å². The highest BCUT2D eigenvalue weighted by Gasteiger charge is 2.07. The SMILES string of the molecule is Cc1cc(C)c(-c2ccc(N)c(F)c2)s1. The van der Waals surface area contributed by atoms with E-state index < -0.39 is 0 Å². The summed E-state index contributed by atoms with van der Waals surface area (Å²) < 4.78 is 13.3. The van der Waals surface area contributed by atoms with Crippen LogP contribution in [0.2, 0.25) is 0 Å². The summed E-state index contributed by atoms with van der Waals surface area (Å²) >= 11 is 1.67. The molecule has 0 aliphatic heterocycles. The maximum absolute atomic E-state index is 13.3. The predicted octanol–water partition coefficient (Wildman–Crippen LogP) is 3.75. The topological polar surface area (TPSA) is 26.0 Å². The molecular formula is C12H12FNS. The molecule has 0 aliphatic rings. The Kier molecular flexibility index (Phi) is 2.49. The maximum Gasteiger partial charge on any atom is 0.146 e. The van der Waals surface area contributed by atoms with Gasteiger partial charge in [0.25, 0.3) is 0 Å². The van der Waals surface area contributed by atoms with Crippen LogP contribution in [0, 0.1) is 19.7 Å². The van der Waals surface area contributed by atoms with Crippen LogP contribution in [0.5, 0.6) is 0 Å². The molecule has 0 spiro atoms. The van der Waals surface area contributed by atoms with Gasteiger partial charge in [0, 0.05) is 9.75 Å². The summed E-state index contributed by atoms with van der Waals surface area (Å²) in [5.41, 5.74) is 7.72. The molecule has 0 bridgehead atoms. The lowest BCUT2D eigenvalue weighted by Crippen LogP contribution is -1.90. The minimum absolute atomic E-state index is 0.199. The van der Waals surface area contributed by atoms with E-state index in [0.717, 1.165) is 10.4 Å². The number of nitrogens with two attached hydrogens (primary N) is 1. The number of thiophene rings is 1. The van der Waals surface area contributed by atoms with Gasteiger partial charge in [0.05, 0.1) is 5.69 Å². The molecule has 0 saturated heterocycles. The number of anilines is 1. The molecule has 1 heterocycles. The van der Waals surface area contributed by atoms with E-state index in [1.54, 1.807) is 17.4 Å². The fourth-order valence-electron chi connectivity index (χ4n) is 1.60. The number of hydrogen-bond acceptors (Lipinski definition) is 2. The van der Waals surface area contributed by atoms with Gasteiger partial charge in [-0.1, -0.05) is 6.07 Å². The molecule has 78 valence electrons. The molecule has 2 rings (SSSR count). The van der Waals surface area contributed by atoms with E-state index in [1.165, 1.54) is 16.5 Å². The molecule has 0 fully saturated rings. The van der Waals surface area contributed by atoms with Gasteiger partial charge in [0.1, 0.15) is 5.82 Å². The molecule has 3 heteroatoms. The number of benzene rings is 1. The monoisotopic (exact) mass is 221 g/mol. The lowest BCUT2D eigenvalue weighted by molar-refractivity contribution is 0.633. The first kappa shape index (κ1) is 10.2. The standard InChI is InChI=1S/C12H12FNS/c1-7-5-8(2)15-12(7)9-3-4-11(14)10(13)6-9/h3-6H,14H2,1-2H3. The van der Waals surface area contributed by atoms with Gasteiger partial charge in [-0.05, 0) is 43.2 Å². The van der Waals surface area contributed by atoms with Crippen LogP contribution in [0.3, 0.4) is 0 Å². The van der Waals surface area contributed by atoms with Crippen molar-refractivity contribution in [1.82, 2.24) is 0 Å². The lowest BCUT2D eigenvalue weighted by atomic mass is 10.1. The van der Waals surface area contributed by atoms with Crippen molar-refractivity contribution in [2.24, 2.45) is 0 Å².